The number of likely N-dealkylation sites (tertiary alicyclic amines) is 1. The minimum absolute atomic E-state index is 0.416. The standard InChI is InChI=1S/C20H21ClN4OS2/c21-18-12-17(28(26)24-20-22-14-23-27-20)10-9-16(18)13-25-11-5-4-8-19(25)15-6-2-1-3-7-15/h1-3,6-7,9-10,12,14,19H,4-5,8,11,13H2,(H,22,23,24). The summed E-state index contributed by atoms with van der Waals surface area (Å²) in [6.45, 7) is 1.84. The van der Waals surface area contributed by atoms with Crippen molar-refractivity contribution in [2.75, 3.05) is 11.3 Å². The fourth-order valence-electron chi connectivity index (χ4n) is 3.58. The third kappa shape index (κ3) is 4.60. The molecule has 3 aromatic rings. The van der Waals surface area contributed by atoms with Crippen molar-refractivity contribution < 1.29 is 4.21 Å². The lowest BCUT2D eigenvalue weighted by Crippen LogP contribution is -2.33. The van der Waals surface area contributed by atoms with E-state index in [1.807, 2.05) is 12.1 Å². The first-order chi connectivity index (χ1) is 13.7. The number of hydrogen-bond acceptors (Lipinski definition) is 5. The monoisotopic (exact) mass is 432 g/mol. The molecular weight excluding hydrogens is 412 g/mol. The van der Waals surface area contributed by atoms with E-state index in [1.54, 1.807) is 6.07 Å². The first kappa shape index (κ1) is 19.5. The second-order valence-corrected chi connectivity index (χ2v) is 9.16. The average molecular weight is 433 g/mol. The maximum atomic E-state index is 12.5. The van der Waals surface area contributed by atoms with Gasteiger partial charge in [0.05, 0.1) is 4.90 Å². The number of benzene rings is 2. The quantitative estimate of drug-likeness (QED) is 0.591. The molecule has 2 aromatic carbocycles. The molecule has 4 rings (SSSR count). The van der Waals surface area contributed by atoms with Gasteiger partial charge in [0.15, 0.2) is 11.0 Å². The highest BCUT2D eigenvalue weighted by Gasteiger charge is 2.24. The summed E-state index contributed by atoms with van der Waals surface area (Å²) in [5, 5.41) is 1.17. The van der Waals surface area contributed by atoms with Gasteiger partial charge in [-0.15, -0.1) is 0 Å². The van der Waals surface area contributed by atoms with Crippen molar-refractivity contribution in [2.45, 2.75) is 36.7 Å². The molecule has 1 N–H and O–H groups in total. The molecule has 1 aliphatic rings. The summed E-state index contributed by atoms with van der Waals surface area (Å²) in [5.74, 6) is 0. The molecule has 5 nitrogen and oxygen atoms in total. The van der Waals surface area contributed by atoms with Gasteiger partial charge in [-0.2, -0.15) is 4.37 Å². The summed E-state index contributed by atoms with van der Waals surface area (Å²) in [6.07, 6.45) is 5.05. The molecule has 8 heteroatoms. The Balaban J connectivity index is 1.48. The van der Waals surface area contributed by atoms with E-state index in [9.17, 15) is 4.21 Å². The molecular formula is C20H21ClN4OS2. The van der Waals surface area contributed by atoms with Crippen LogP contribution in [0.4, 0.5) is 5.13 Å². The van der Waals surface area contributed by atoms with Crippen LogP contribution in [-0.2, 0) is 17.5 Å². The molecule has 1 aromatic heterocycles. The molecule has 1 aliphatic heterocycles. The van der Waals surface area contributed by atoms with E-state index in [4.69, 9.17) is 11.6 Å². The minimum Gasteiger partial charge on any atom is -0.292 e. The summed E-state index contributed by atoms with van der Waals surface area (Å²) in [6, 6.07) is 16.7. The van der Waals surface area contributed by atoms with Gasteiger partial charge in [-0.1, -0.05) is 54.4 Å². The highest BCUT2D eigenvalue weighted by molar-refractivity contribution is 7.86. The summed E-state index contributed by atoms with van der Waals surface area (Å²) in [7, 11) is -1.41. The molecule has 0 bridgehead atoms. The number of rotatable bonds is 6. The molecule has 146 valence electrons. The maximum Gasteiger partial charge on any atom is 0.214 e. The number of nitrogens with zero attached hydrogens (tertiary/aromatic N) is 3. The van der Waals surface area contributed by atoms with Crippen LogP contribution in [-0.4, -0.2) is 25.0 Å². The fourth-order valence-corrected chi connectivity index (χ4v) is 5.29. The van der Waals surface area contributed by atoms with Crippen LogP contribution in [0.2, 0.25) is 5.02 Å². The van der Waals surface area contributed by atoms with Crippen molar-refractivity contribution in [1.29, 1.82) is 0 Å². The SMILES string of the molecule is O=S(Nc1ncns1)c1ccc(CN2CCCCC2c2ccccc2)c(Cl)c1. The van der Waals surface area contributed by atoms with Crippen LogP contribution in [0.1, 0.15) is 36.4 Å². The van der Waals surface area contributed by atoms with Gasteiger partial charge in [-0.25, -0.2) is 9.19 Å². The molecule has 2 atom stereocenters. The Morgan fingerprint density at radius 1 is 1.21 bits per heavy atom. The first-order valence-electron chi connectivity index (χ1n) is 9.23. The van der Waals surface area contributed by atoms with Crippen molar-refractivity contribution in [2.24, 2.45) is 0 Å². The molecule has 2 unspecified atom stereocenters. The molecule has 1 saturated heterocycles. The summed E-state index contributed by atoms with van der Waals surface area (Å²) in [4.78, 5) is 7.12. The third-order valence-electron chi connectivity index (χ3n) is 4.95. The Kier molecular flexibility index (Phi) is 6.36. The van der Waals surface area contributed by atoms with Crippen molar-refractivity contribution in [3.8, 4) is 0 Å². The molecule has 0 spiro atoms. The fraction of sp³-hybridized carbons (Fsp3) is 0.300. The van der Waals surface area contributed by atoms with Crippen molar-refractivity contribution in [3.05, 3.63) is 71.0 Å². The first-order valence-corrected chi connectivity index (χ1v) is 11.5. The second-order valence-electron chi connectivity index (χ2n) is 6.76. The van der Waals surface area contributed by atoms with E-state index >= 15 is 0 Å². The number of aromatic nitrogens is 2. The van der Waals surface area contributed by atoms with Gasteiger partial charge in [0, 0.05) is 29.1 Å². The summed E-state index contributed by atoms with van der Waals surface area (Å²) >= 11 is 7.72. The number of nitrogens with one attached hydrogen (secondary N) is 1. The Morgan fingerprint density at radius 2 is 2.07 bits per heavy atom. The van der Waals surface area contributed by atoms with Gasteiger partial charge >= 0.3 is 0 Å². The van der Waals surface area contributed by atoms with Gasteiger partial charge in [0.25, 0.3) is 0 Å². The molecule has 28 heavy (non-hydrogen) atoms. The van der Waals surface area contributed by atoms with Crippen LogP contribution in [0.5, 0.6) is 0 Å². The molecule has 2 heterocycles. The number of piperidine rings is 1. The van der Waals surface area contributed by atoms with E-state index in [1.165, 1.54) is 36.3 Å². The normalized spacial score (nSPS) is 18.7. The highest BCUT2D eigenvalue weighted by Crippen LogP contribution is 2.33. The molecule has 0 radical (unpaired) electrons. The number of anilines is 1. The van der Waals surface area contributed by atoms with E-state index in [0.29, 0.717) is 21.1 Å². The van der Waals surface area contributed by atoms with Gasteiger partial charge in [0.2, 0.25) is 5.13 Å². The zero-order chi connectivity index (χ0) is 19.3. The van der Waals surface area contributed by atoms with Crippen LogP contribution in [0.3, 0.4) is 0 Å². The van der Waals surface area contributed by atoms with Crippen LogP contribution in [0.15, 0.2) is 59.8 Å². The topological polar surface area (TPSA) is 58.1 Å². The van der Waals surface area contributed by atoms with Gasteiger partial charge in [-0.05, 0) is 42.6 Å². The van der Waals surface area contributed by atoms with Crippen molar-refractivity contribution >= 4 is 39.3 Å². The average Bonchev–Trinajstić information content (AvgIpc) is 3.23. The van der Waals surface area contributed by atoms with Crippen LogP contribution >= 0.6 is 23.1 Å². The van der Waals surface area contributed by atoms with E-state index in [0.717, 1.165) is 25.1 Å². The van der Waals surface area contributed by atoms with Crippen LogP contribution < -0.4 is 4.72 Å². The van der Waals surface area contributed by atoms with E-state index < -0.39 is 11.0 Å². The zero-order valence-corrected chi connectivity index (χ0v) is 17.6. The molecule has 0 aliphatic carbocycles. The molecule has 1 fully saturated rings. The van der Waals surface area contributed by atoms with Crippen LogP contribution in [0, 0.1) is 0 Å². The van der Waals surface area contributed by atoms with Gasteiger partial charge in [0.1, 0.15) is 6.33 Å². The molecule has 0 saturated carbocycles. The minimum atomic E-state index is -1.41. The predicted molar refractivity (Wildman–Crippen MR) is 115 cm³/mol. The summed E-state index contributed by atoms with van der Waals surface area (Å²) < 4.78 is 19.2. The van der Waals surface area contributed by atoms with Crippen molar-refractivity contribution in [3.63, 3.8) is 0 Å². The Morgan fingerprint density at radius 3 is 2.82 bits per heavy atom. The predicted octanol–water partition coefficient (Wildman–Crippen LogP) is 5.05. The second kappa shape index (κ2) is 9.13. The zero-order valence-electron chi connectivity index (χ0n) is 15.3. The van der Waals surface area contributed by atoms with Crippen LogP contribution in [0.25, 0.3) is 0 Å². The Hall–Kier alpha value is -1.80. The third-order valence-corrected chi connectivity index (χ3v) is 7.07. The highest BCUT2D eigenvalue weighted by atomic mass is 35.5. The van der Waals surface area contributed by atoms with E-state index in [2.05, 4.69) is 49.3 Å². The smallest absolute Gasteiger partial charge is 0.214 e. The number of hydrogen-bond donors (Lipinski definition) is 1. The Labute approximate surface area is 176 Å². The van der Waals surface area contributed by atoms with Gasteiger partial charge in [-0.3, -0.25) is 9.62 Å². The molecule has 0 amide bonds. The van der Waals surface area contributed by atoms with Gasteiger partial charge < -0.3 is 0 Å². The number of halogens is 1. The largest absolute Gasteiger partial charge is 0.292 e. The Bertz CT molecular complexity index is 937. The lowest BCUT2D eigenvalue weighted by Gasteiger charge is -2.36. The summed E-state index contributed by atoms with van der Waals surface area (Å²) in [5.41, 5.74) is 2.42. The van der Waals surface area contributed by atoms with Crippen molar-refractivity contribution in [1.82, 2.24) is 14.3 Å². The lowest BCUT2D eigenvalue weighted by atomic mass is 9.94. The lowest BCUT2D eigenvalue weighted by molar-refractivity contribution is 0.140. The van der Waals surface area contributed by atoms with E-state index in [-0.39, 0.29) is 0 Å². The maximum absolute atomic E-state index is 12.5.